The lowest BCUT2D eigenvalue weighted by Crippen LogP contribution is -2.12. The van der Waals surface area contributed by atoms with E-state index in [2.05, 4.69) is 17.1 Å². The quantitative estimate of drug-likeness (QED) is 0.928. The van der Waals surface area contributed by atoms with Crippen LogP contribution in [-0.4, -0.2) is 10.1 Å². The van der Waals surface area contributed by atoms with Crippen molar-refractivity contribution in [3.05, 3.63) is 35.7 Å². The first-order chi connectivity index (χ1) is 9.76. The molecule has 0 aliphatic heterocycles. The lowest BCUT2D eigenvalue weighted by Gasteiger charge is -2.23. The molecule has 0 saturated heterocycles. The van der Waals surface area contributed by atoms with Gasteiger partial charge in [-0.2, -0.15) is 4.98 Å². The zero-order chi connectivity index (χ0) is 13.9. The molecule has 1 aliphatic rings. The van der Waals surface area contributed by atoms with Gasteiger partial charge in [-0.15, -0.1) is 0 Å². The SMILES string of the molecule is CC1CCCC(c2noc(-c3cccc(CN)c3)n2)C1. The van der Waals surface area contributed by atoms with E-state index >= 15 is 0 Å². The molecule has 2 N–H and O–H groups in total. The molecule has 1 aliphatic carbocycles. The van der Waals surface area contributed by atoms with Gasteiger partial charge in [-0.25, -0.2) is 0 Å². The Morgan fingerprint density at radius 3 is 3.05 bits per heavy atom. The molecule has 2 aromatic rings. The van der Waals surface area contributed by atoms with E-state index in [0.717, 1.165) is 22.9 Å². The fourth-order valence-corrected chi connectivity index (χ4v) is 3.02. The van der Waals surface area contributed by atoms with E-state index in [4.69, 9.17) is 10.3 Å². The van der Waals surface area contributed by atoms with Crippen LogP contribution >= 0.6 is 0 Å². The van der Waals surface area contributed by atoms with Crippen molar-refractivity contribution in [1.29, 1.82) is 0 Å². The average Bonchev–Trinajstić information content (AvgIpc) is 2.97. The standard InChI is InChI=1S/C16H21N3O/c1-11-4-2-6-13(8-11)15-18-16(20-19-15)14-7-3-5-12(9-14)10-17/h3,5,7,9,11,13H,2,4,6,8,10,17H2,1H3. The summed E-state index contributed by atoms with van der Waals surface area (Å²) in [5, 5.41) is 4.19. The molecule has 1 aromatic carbocycles. The minimum Gasteiger partial charge on any atom is -0.334 e. The first-order valence-electron chi connectivity index (χ1n) is 7.39. The Balaban J connectivity index is 1.82. The topological polar surface area (TPSA) is 64.9 Å². The van der Waals surface area contributed by atoms with E-state index in [-0.39, 0.29) is 0 Å². The Bertz CT molecular complexity index is 579. The van der Waals surface area contributed by atoms with Gasteiger partial charge in [0.2, 0.25) is 0 Å². The van der Waals surface area contributed by atoms with E-state index in [1.54, 1.807) is 0 Å². The van der Waals surface area contributed by atoms with Gasteiger partial charge in [0.1, 0.15) is 0 Å². The molecule has 1 saturated carbocycles. The summed E-state index contributed by atoms with van der Waals surface area (Å²) in [6.45, 7) is 2.83. The summed E-state index contributed by atoms with van der Waals surface area (Å²) in [6, 6.07) is 7.98. The maximum atomic E-state index is 5.67. The third-order valence-electron chi connectivity index (χ3n) is 4.15. The Kier molecular flexibility index (Phi) is 3.83. The zero-order valence-electron chi connectivity index (χ0n) is 11.9. The Labute approximate surface area is 119 Å². The van der Waals surface area contributed by atoms with Crippen molar-refractivity contribution in [3.63, 3.8) is 0 Å². The van der Waals surface area contributed by atoms with Crippen LogP contribution in [0.5, 0.6) is 0 Å². The maximum absolute atomic E-state index is 5.67. The monoisotopic (exact) mass is 271 g/mol. The summed E-state index contributed by atoms with van der Waals surface area (Å²) in [6.07, 6.45) is 4.92. The molecule has 0 amide bonds. The molecule has 1 heterocycles. The van der Waals surface area contributed by atoms with Gasteiger partial charge in [0.25, 0.3) is 5.89 Å². The van der Waals surface area contributed by atoms with Gasteiger partial charge >= 0.3 is 0 Å². The second-order valence-electron chi connectivity index (χ2n) is 5.83. The van der Waals surface area contributed by atoms with Crippen LogP contribution in [-0.2, 0) is 6.54 Å². The molecule has 0 spiro atoms. The van der Waals surface area contributed by atoms with Gasteiger partial charge in [0.05, 0.1) is 0 Å². The third kappa shape index (κ3) is 2.75. The van der Waals surface area contributed by atoms with Gasteiger partial charge in [-0.05, 0) is 36.5 Å². The molecular weight excluding hydrogens is 250 g/mol. The molecule has 4 nitrogen and oxygen atoms in total. The molecular formula is C16H21N3O. The molecule has 1 aromatic heterocycles. The van der Waals surface area contributed by atoms with Gasteiger partial charge < -0.3 is 10.3 Å². The van der Waals surface area contributed by atoms with Gasteiger partial charge in [-0.1, -0.05) is 37.1 Å². The van der Waals surface area contributed by atoms with Gasteiger partial charge in [0, 0.05) is 18.0 Å². The van der Waals surface area contributed by atoms with Crippen LogP contribution in [0.4, 0.5) is 0 Å². The lowest BCUT2D eigenvalue weighted by molar-refractivity contribution is 0.324. The number of rotatable bonds is 3. The van der Waals surface area contributed by atoms with Crippen LogP contribution in [0, 0.1) is 5.92 Å². The Hall–Kier alpha value is -1.68. The highest BCUT2D eigenvalue weighted by Gasteiger charge is 2.24. The first-order valence-corrected chi connectivity index (χ1v) is 7.39. The van der Waals surface area contributed by atoms with E-state index in [1.807, 2.05) is 24.3 Å². The molecule has 4 heteroatoms. The summed E-state index contributed by atoms with van der Waals surface area (Å²) in [7, 11) is 0. The van der Waals surface area contributed by atoms with Crippen LogP contribution in [0.3, 0.4) is 0 Å². The molecule has 0 radical (unpaired) electrons. The minimum absolute atomic E-state index is 0.453. The number of hydrogen-bond acceptors (Lipinski definition) is 4. The highest BCUT2D eigenvalue weighted by molar-refractivity contribution is 5.54. The number of aromatic nitrogens is 2. The molecule has 3 rings (SSSR count). The van der Waals surface area contributed by atoms with E-state index in [9.17, 15) is 0 Å². The van der Waals surface area contributed by atoms with Crippen LogP contribution in [0.1, 0.15) is 49.9 Å². The summed E-state index contributed by atoms with van der Waals surface area (Å²) in [5.74, 6) is 2.68. The predicted molar refractivity (Wildman–Crippen MR) is 78.0 cm³/mol. The number of nitrogens with two attached hydrogens (primary N) is 1. The molecule has 2 unspecified atom stereocenters. The highest BCUT2D eigenvalue weighted by atomic mass is 16.5. The van der Waals surface area contributed by atoms with Crippen molar-refractivity contribution in [2.75, 3.05) is 0 Å². The van der Waals surface area contributed by atoms with Crippen LogP contribution in [0.25, 0.3) is 11.5 Å². The van der Waals surface area contributed by atoms with E-state index < -0.39 is 0 Å². The molecule has 20 heavy (non-hydrogen) atoms. The molecule has 2 atom stereocenters. The zero-order valence-corrected chi connectivity index (χ0v) is 11.9. The molecule has 0 bridgehead atoms. The maximum Gasteiger partial charge on any atom is 0.257 e. The van der Waals surface area contributed by atoms with Gasteiger partial charge in [-0.3, -0.25) is 0 Å². The van der Waals surface area contributed by atoms with Crippen molar-refractivity contribution < 1.29 is 4.52 Å². The largest absolute Gasteiger partial charge is 0.334 e. The number of hydrogen-bond donors (Lipinski definition) is 1. The summed E-state index contributed by atoms with van der Waals surface area (Å²) in [5.41, 5.74) is 7.70. The van der Waals surface area contributed by atoms with Crippen molar-refractivity contribution in [2.45, 2.75) is 45.1 Å². The minimum atomic E-state index is 0.453. The second-order valence-corrected chi connectivity index (χ2v) is 5.83. The molecule has 1 fully saturated rings. The van der Waals surface area contributed by atoms with Crippen molar-refractivity contribution >= 4 is 0 Å². The third-order valence-corrected chi connectivity index (χ3v) is 4.15. The van der Waals surface area contributed by atoms with E-state index in [1.165, 1.54) is 25.7 Å². The van der Waals surface area contributed by atoms with Crippen molar-refractivity contribution in [3.8, 4) is 11.5 Å². The number of nitrogens with zero attached hydrogens (tertiary/aromatic N) is 2. The van der Waals surface area contributed by atoms with Gasteiger partial charge in [0.15, 0.2) is 5.82 Å². The Morgan fingerprint density at radius 2 is 2.25 bits per heavy atom. The van der Waals surface area contributed by atoms with Crippen LogP contribution < -0.4 is 5.73 Å². The fourth-order valence-electron chi connectivity index (χ4n) is 3.02. The van der Waals surface area contributed by atoms with Crippen molar-refractivity contribution in [1.82, 2.24) is 10.1 Å². The lowest BCUT2D eigenvalue weighted by atomic mass is 9.82. The second kappa shape index (κ2) is 5.75. The Morgan fingerprint density at radius 1 is 1.35 bits per heavy atom. The van der Waals surface area contributed by atoms with Crippen LogP contribution in [0.2, 0.25) is 0 Å². The number of benzene rings is 1. The smallest absolute Gasteiger partial charge is 0.257 e. The van der Waals surface area contributed by atoms with Crippen molar-refractivity contribution in [2.24, 2.45) is 11.7 Å². The summed E-state index contributed by atoms with van der Waals surface area (Å²) < 4.78 is 5.44. The summed E-state index contributed by atoms with van der Waals surface area (Å²) in [4.78, 5) is 4.60. The highest BCUT2D eigenvalue weighted by Crippen LogP contribution is 2.35. The average molecular weight is 271 g/mol. The molecule has 106 valence electrons. The first kappa shape index (κ1) is 13.3. The summed E-state index contributed by atoms with van der Waals surface area (Å²) >= 11 is 0. The predicted octanol–water partition coefficient (Wildman–Crippen LogP) is 3.49. The van der Waals surface area contributed by atoms with E-state index in [0.29, 0.717) is 18.4 Å². The fraction of sp³-hybridized carbons (Fsp3) is 0.500. The normalized spacial score (nSPS) is 22.9. The van der Waals surface area contributed by atoms with Crippen LogP contribution in [0.15, 0.2) is 28.8 Å².